The summed E-state index contributed by atoms with van der Waals surface area (Å²) in [4.78, 5) is 10.9. The van der Waals surface area contributed by atoms with Crippen LogP contribution < -0.4 is 14.7 Å². The van der Waals surface area contributed by atoms with Gasteiger partial charge in [0.25, 0.3) is 0 Å². The summed E-state index contributed by atoms with van der Waals surface area (Å²) in [6, 6.07) is 37.6. The Kier molecular flexibility index (Phi) is 8.53. The Balaban J connectivity index is 0.00000368. The summed E-state index contributed by atoms with van der Waals surface area (Å²) in [7, 11) is 4.16. The Morgan fingerprint density at radius 1 is 0.721 bits per heavy atom. The quantitative estimate of drug-likeness (QED) is 0.189. The molecule has 0 atom stereocenters. The summed E-state index contributed by atoms with van der Waals surface area (Å²) in [6.45, 7) is 15.5. The van der Waals surface area contributed by atoms with Gasteiger partial charge in [-0.05, 0) is 75.1 Å². The van der Waals surface area contributed by atoms with E-state index >= 15 is 0 Å². The van der Waals surface area contributed by atoms with Crippen LogP contribution in [0.3, 0.4) is 0 Å². The molecule has 0 saturated heterocycles. The van der Waals surface area contributed by atoms with Crippen LogP contribution in [0.25, 0.3) is 0 Å². The molecule has 0 amide bonds. The van der Waals surface area contributed by atoms with Crippen LogP contribution >= 0.6 is 0 Å². The molecule has 2 aliphatic rings. The van der Waals surface area contributed by atoms with Crippen LogP contribution in [0.4, 0.5) is 34.1 Å². The van der Waals surface area contributed by atoms with Crippen molar-refractivity contribution in [2.75, 3.05) is 28.8 Å². The number of rotatable bonds is 5. The number of anilines is 6. The molecular formula is C37H39N5Pt. The molecular weight excluding hydrogens is 710 g/mol. The second-order valence-corrected chi connectivity index (χ2v) is 12.6. The number of hydrogen-bond donors (Lipinski definition) is 0. The monoisotopic (exact) mass is 748 g/mol. The van der Waals surface area contributed by atoms with Crippen molar-refractivity contribution in [3.8, 4) is 0 Å². The van der Waals surface area contributed by atoms with E-state index in [0.717, 1.165) is 28.4 Å². The maximum Gasteiger partial charge on any atom is 4.00 e. The van der Waals surface area contributed by atoms with Gasteiger partial charge in [-0.25, -0.2) is 0 Å². The zero-order valence-corrected chi connectivity index (χ0v) is 28.2. The Morgan fingerprint density at radius 3 is 1.98 bits per heavy atom. The molecule has 0 aromatic heterocycles. The van der Waals surface area contributed by atoms with Gasteiger partial charge in [-0.3, -0.25) is 0 Å². The van der Waals surface area contributed by atoms with Gasteiger partial charge in [0.1, 0.15) is 0 Å². The first-order chi connectivity index (χ1) is 20.0. The fraction of sp³-hybridized carbons (Fsp3) is 0.243. The van der Waals surface area contributed by atoms with Crippen LogP contribution in [0.5, 0.6) is 0 Å². The molecule has 2 heterocycles. The summed E-state index contributed by atoms with van der Waals surface area (Å²) in [5.74, 6) is 0. The molecule has 43 heavy (non-hydrogen) atoms. The van der Waals surface area contributed by atoms with E-state index in [0.29, 0.717) is 0 Å². The largest absolute Gasteiger partial charge is 4.00 e. The van der Waals surface area contributed by atoms with Gasteiger partial charge in [0.15, 0.2) is 0 Å². The molecule has 4 aromatic rings. The van der Waals surface area contributed by atoms with Gasteiger partial charge in [0, 0.05) is 16.9 Å². The number of para-hydroxylation sites is 1. The Labute approximate surface area is 272 Å². The third-order valence-corrected chi connectivity index (χ3v) is 8.30. The van der Waals surface area contributed by atoms with Crippen molar-refractivity contribution in [1.29, 1.82) is 0 Å². The van der Waals surface area contributed by atoms with E-state index in [1.54, 1.807) is 0 Å². The standard InChI is InChI=1S/C37H39N5.Pt/c1-36(2,3)28-18-20-29(21-19-28)42(32-14-10-12-30(24-32)40-23-22-38(6)26-40)33-15-11-13-31(25-33)41-27-39(7)37(4,5)34-16-8-9-17-35(34)41;/h8-23,26-27H,1-7H3;/q-4;+4. The van der Waals surface area contributed by atoms with Crippen molar-refractivity contribution in [3.05, 3.63) is 134 Å². The van der Waals surface area contributed by atoms with Gasteiger partial charge in [0.05, 0.1) is 0 Å². The summed E-state index contributed by atoms with van der Waals surface area (Å²) in [5, 5.41) is 0. The molecule has 4 aromatic carbocycles. The van der Waals surface area contributed by atoms with Crippen molar-refractivity contribution in [2.24, 2.45) is 0 Å². The van der Waals surface area contributed by atoms with Gasteiger partial charge in [0.2, 0.25) is 0 Å². The molecule has 5 nitrogen and oxygen atoms in total. The van der Waals surface area contributed by atoms with E-state index in [9.17, 15) is 0 Å². The van der Waals surface area contributed by atoms with Crippen molar-refractivity contribution in [3.63, 3.8) is 0 Å². The molecule has 6 heteroatoms. The minimum absolute atomic E-state index is 0. The van der Waals surface area contributed by atoms with Gasteiger partial charge in [-0.15, -0.1) is 47.8 Å². The van der Waals surface area contributed by atoms with E-state index < -0.39 is 0 Å². The Morgan fingerprint density at radius 2 is 1.35 bits per heavy atom. The van der Waals surface area contributed by atoms with Crippen molar-refractivity contribution in [2.45, 2.75) is 45.6 Å². The average molecular weight is 749 g/mol. The van der Waals surface area contributed by atoms with Crippen molar-refractivity contribution >= 4 is 34.1 Å². The number of hydrogen-bond acceptors (Lipinski definition) is 5. The van der Waals surface area contributed by atoms with Gasteiger partial charge < -0.3 is 24.5 Å². The van der Waals surface area contributed by atoms with Crippen molar-refractivity contribution in [1.82, 2.24) is 9.80 Å². The molecule has 0 unspecified atom stereocenters. The van der Waals surface area contributed by atoms with Crippen LogP contribution in [-0.2, 0) is 32.0 Å². The molecule has 2 aliphatic heterocycles. The van der Waals surface area contributed by atoms with E-state index in [-0.39, 0.29) is 32.0 Å². The zero-order valence-electron chi connectivity index (χ0n) is 25.9. The number of fused-ring (bicyclic) bond motifs is 1. The van der Waals surface area contributed by atoms with Crippen LogP contribution in [0, 0.1) is 25.5 Å². The molecule has 0 spiro atoms. The van der Waals surface area contributed by atoms with Crippen LogP contribution in [-0.4, -0.2) is 23.9 Å². The summed E-state index contributed by atoms with van der Waals surface area (Å²) in [6.07, 6.45) is 4.08. The normalized spacial score (nSPS) is 16.2. The number of nitrogens with zero attached hydrogens (tertiary/aromatic N) is 5. The van der Waals surface area contributed by atoms with Crippen LogP contribution in [0.1, 0.15) is 45.7 Å². The predicted molar refractivity (Wildman–Crippen MR) is 175 cm³/mol. The smallest absolute Gasteiger partial charge is 0.510 e. The minimum Gasteiger partial charge on any atom is -0.510 e. The summed E-state index contributed by atoms with van der Waals surface area (Å²) < 4.78 is 0. The topological polar surface area (TPSA) is 16.2 Å². The predicted octanol–water partition coefficient (Wildman–Crippen LogP) is 8.83. The van der Waals surface area contributed by atoms with Gasteiger partial charge in [-0.1, -0.05) is 62.5 Å². The average Bonchev–Trinajstić information content (AvgIpc) is 3.42. The van der Waals surface area contributed by atoms with Gasteiger partial charge >= 0.3 is 21.1 Å². The van der Waals surface area contributed by atoms with E-state index in [1.807, 2.05) is 31.0 Å². The third-order valence-electron chi connectivity index (χ3n) is 8.30. The van der Waals surface area contributed by atoms with Crippen LogP contribution in [0.2, 0.25) is 0 Å². The van der Waals surface area contributed by atoms with E-state index in [4.69, 9.17) is 0 Å². The molecule has 222 valence electrons. The Bertz CT molecular complexity index is 1600. The first-order valence-electron chi connectivity index (χ1n) is 14.5. The molecule has 0 aliphatic carbocycles. The molecule has 6 rings (SSSR count). The summed E-state index contributed by atoms with van der Waals surface area (Å²) in [5.41, 5.74) is 8.61. The maximum absolute atomic E-state index is 3.77. The molecule has 0 N–H and O–H groups in total. The SMILES string of the molecule is CN1C=CN(c2[c-]c(N(c3[c-]c(N4[CH-]N(C)C(C)(C)c5ccccc54)ccc3)c3ccc(C(C)(C)C)cc3)ccc2)[CH-]1.[Pt+4]. The summed E-state index contributed by atoms with van der Waals surface area (Å²) >= 11 is 0. The Hall–Kier alpha value is -3.53. The minimum atomic E-state index is -0.115. The first kappa shape index (κ1) is 30.9. The van der Waals surface area contributed by atoms with E-state index in [2.05, 4.69) is 165 Å². The third kappa shape index (κ3) is 5.98. The molecule has 0 bridgehead atoms. The maximum atomic E-state index is 3.77. The number of benzene rings is 4. The second-order valence-electron chi connectivity index (χ2n) is 12.6. The molecule has 0 fully saturated rings. The molecule has 0 radical (unpaired) electrons. The second kappa shape index (κ2) is 11.9. The first-order valence-corrected chi connectivity index (χ1v) is 14.5. The fourth-order valence-electron chi connectivity index (χ4n) is 5.52. The van der Waals surface area contributed by atoms with Crippen molar-refractivity contribution < 1.29 is 21.1 Å². The van der Waals surface area contributed by atoms with Gasteiger partial charge in [-0.2, -0.15) is 25.5 Å². The van der Waals surface area contributed by atoms with Crippen LogP contribution in [0.15, 0.2) is 97.3 Å². The van der Waals surface area contributed by atoms with E-state index in [1.165, 1.54) is 16.8 Å². The molecule has 0 saturated carbocycles. The zero-order chi connectivity index (χ0) is 29.6. The fourth-order valence-corrected chi connectivity index (χ4v) is 5.52.